The van der Waals surface area contributed by atoms with Gasteiger partial charge in [0.1, 0.15) is 5.78 Å². The van der Waals surface area contributed by atoms with Crippen LogP contribution in [0.3, 0.4) is 0 Å². The van der Waals surface area contributed by atoms with Crippen LogP contribution in [0.25, 0.3) is 0 Å². The fourth-order valence-corrected chi connectivity index (χ4v) is 1.73. The Morgan fingerprint density at radius 1 is 1.29 bits per heavy atom. The number of carbonyl (C=O) groups excluding carboxylic acids is 2. The van der Waals surface area contributed by atoms with Crippen molar-refractivity contribution >= 4 is 11.6 Å². The summed E-state index contributed by atoms with van der Waals surface area (Å²) in [6.45, 7) is 0. The number of Topliss-reactive ketones (excluding diaryl/α,β-unsaturated/α-hetero) is 1. The molecule has 0 N–H and O–H groups in total. The van der Waals surface area contributed by atoms with Gasteiger partial charge in [0, 0.05) is 25.7 Å². The molecule has 0 saturated heterocycles. The molecule has 0 bridgehead atoms. The molecule has 1 aliphatic rings. The van der Waals surface area contributed by atoms with Crippen LogP contribution in [-0.4, -0.2) is 11.6 Å². The van der Waals surface area contributed by atoms with E-state index in [4.69, 9.17) is 5.26 Å². The first kappa shape index (κ1) is 13.4. The second kappa shape index (κ2) is 7.56. The molecule has 0 amide bonds. The van der Waals surface area contributed by atoms with E-state index >= 15 is 0 Å². The quantitative estimate of drug-likeness (QED) is 0.540. The fraction of sp³-hybridized carbons (Fsp3) is 0.500. The van der Waals surface area contributed by atoms with Gasteiger partial charge in [-0.25, -0.2) is 0 Å². The molecule has 0 spiro atoms. The van der Waals surface area contributed by atoms with Crippen LogP contribution in [0.2, 0.25) is 0 Å². The maximum atomic E-state index is 11.3. The lowest BCUT2D eigenvalue weighted by atomic mass is 9.93. The van der Waals surface area contributed by atoms with Crippen molar-refractivity contribution in [2.45, 2.75) is 44.9 Å². The maximum Gasteiger partial charge on any atom is 0.155 e. The zero-order valence-corrected chi connectivity index (χ0v) is 9.95. The van der Waals surface area contributed by atoms with Gasteiger partial charge in [-0.15, -0.1) is 0 Å². The highest BCUT2D eigenvalue weighted by Crippen LogP contribution is 2.20. The summed E-state index contributed by atoms with van der Waals surface area (Å²) >= 11 is 0. The number of unbranched alkanes of at least 4 members (excludes halogenated alkanes) is 1. The van der Waals surface area contributed by atoms with Crippen LogP contribution in [0.4, 0.5) is 0 Å². The Bertz CT molecular complexity index is 374. The summed E-state index contributed by atoms with van der Waals surface area (Å²) in [4.78, 5) is 22.3. The number of rotatable bonds is 5. The van der Waals surface area contributed by atoms with Gasteiger partial charge in [0.15, 0.2) is 5.78 Å². The summed E-state index contributed by atoms with van der Waals surface area (Å²) in [7, 11) is 0. The Kier molecular flexibility index (Phi) is 5.95. The molecular formula is C14H17NO2. The van der Waals surface area contributed by atoms with E-state index in [1.165, 1.54) is 5.57 Å². The Morgan fingerprint density at radius 3 is 2.65 bits per heavy atom. The normalized spacial score (nSPS) is 15.9. The standard InChI is InChI=1S/C14H17NO2/c15-11-2-1-5-13(16)6-3-4-12-7-9-14(17)10-8-12/h3-4,6H,1-2,5,7-10H2/b6-3-. The fourth-order valence-electron chi connectivity index (χ4n) is 1.73. The van der Waals surface area contributed by atoms with E-state index in [0.717, 1.165) is 12.8 Å². The van der Waals surface area contributed by atoms with Crippen LogP contribution in [0.1, 0.15) is 44.9 Å². The molecule has 0 aromatic carbocycles. The summed E-state index contributed by atoms with van der Waals surface area (Å²) in [5.74, 6) is 0.391. The lowest BCUT2D eigenvalue weighted by Gasteiger charge is -2.11. The average Bonchev–Trinajstić information content (AvgIpc) is 2.32. The molecule has 0 unspecified atom stereocenters. The number of ketones is 2. The molecule has 0 aromatic rings. The highest BCUT2D eigenvalue weighted by molar-refractivity contribution is 5.89. The lowest BCUT2D eigenvalue weighted by Crippen LogP contribution is -2.05. The third-order valence-electron chi connectivity index (χ3n) is 2.78. The van der Waals surface area contributed by atoms with Gasteiger partial charge in [-0.2, -0.15) is 5.26 Å². The molecule has 3 nitrogen and oxygen atoms in total. The van der Waals surface area contributed by atoms with Gasteiger partial charge < -0.3 is 0 Å². The first-order chi connectivity index (χ1) is 8.22. The Labute approximate surface area is 102 Å². The van der Waals surface area contributed by atoms with E-state index < -0.39 is 0 Å². The average molecular weight is 231 g/mol. The second-order valence-electron chi connectivity index (χ2n) is 4.20. The second-order valence-corrected chi connectivity index (χ2v) is 4.20. The summed E-state index contributed by atoms with van der Waals surface area (Å²) in [6.07, 6.45) is 9.68. The van der Waals surface area contributed by atoms with Crippen LogP contribution >= 0.6 is 0 Å². The Hall–Kier alpha value is -1.69. The molecule has 0 heterocycles. The third kappa shape index (κ3) is 5.82. The molecule has 90 valence electrons. The molecule has 0 aliphatic heterocycles. The molecule has 0 radical (unpaired) electrons. The molecule has 1 saturated carbocycles. The molecular weight excluding hydrogens is 214 g/mol. The number of allylic oxidation sites excluding steroid dienone is 4. The largest absolute Gasteiger partial charge is 0.300 e. The molecule has 3 heteroatoms. The molecule has 1 fully saturated rings. The molecule has 0 atom stereocenters. The number of nitriles is 1. The Balaban J connectivity index is 2.29. The van der Waals surface area contributed by atoms with Crippen molar-refractivity contribution in [2.24, 2.45) is 0 Å². The van der Waals surface area contributed by atoms with Crippen LogP contribution in [0.15, 0.2) is 23.8 Å². The monoisotopic (exact) mass is 231 g/mol. The molecule has 0 aromatic heterocycles. The van der Waals surface area contributed by atoms with Crippen molar-refractivity contribution in [3.8, 4) is 6.07 Å². The zero-order valence-electron chi connectivity index (χ0n) is 9.95. The van der Waals surface area contributed by atoms with Crippen molar-refractivity contribution in [3.05, 3.63) is 23.8 Å². The lowest BCUT2D eigenvalue weighted by molar-refractivity contribution is -0.119. The van der Waals surface area contributed by atoms with Gasteiger partial charge in [0.2, 0.25) is 0 Å². The highest BCUT2D eigenvalue weighted by atomic mass is 16.1. The first-order valence-corrected chi connectivity index (χ1v) is 6.00. The zero-order chi connectivity index (χ0) is 12.5. The highest BCUT2D eigenvalue weighted by Gasteiger charge is 2.11. The van der Waals surface area contributed by atoms with Crippen molar-refractivity contribution in [1.82, 2.24) is 0 Å². The van der Waals surface area contributed by atoms with Gasteiger partial charge in [0.05, 0.1) is 6.07 Å². The SMILES string of the molecule is N#CCCCC(=O)/C=C\C=C1CCC(=O)CC1. The minimum Gasteiger partial charge on any atom is -0.300 e. The first-order valence-electron chi connectivity index (χ1n) is 6.00. The third-order valence-corrected chi connectivity index (χ3v) is 2.78. The van der Waals surface area contributed by atoms with Gasteiger partial charge in [0.25, 0.3) is 0 Å². The van der Waals surface area contributed by atoms with Gasteiger partial charge in [-0.3, -0.25) is 9.59 Å². The van der Waals surface area contributed by atoms with Crippen molar-refractivity contribution < 1.29 is 9.59 Å². The summed E-state index contributed by atoms with van der Waals surface area (Å²) in [6, 6.07) is 2.01. The number of nitrogens with zero attached hydrogens (tertiary/aromatic N) is 1. The van der Waals surface area contributed by atoms with E-state index in [-0.39, 0.29) is 5.78 Å². The van der Waals surface area contributed by atoms with E-state index in [9.17, 15) is 9.59 Å². The van der Waals surface area contributed by atoms with Gasteiger partial charge in [-0.1, -0.05) is 17.7 Å². The van der Waals surface area contributed by atoms with Crippen LogP contribution in [-0.2, 0) is 9.59 Å². The molecule has 17 heavy (non-hydrogen) atoms. The van der Waals surface area contributed by atoms with E-state index in [1.807, 2.05) is 12.1 Å². The van der Waals surface area contributed by atoms with Crippen LogP contribution in [0.5, 0.6) is 0 Å². The Morgan fingerprint density at radius 2 is 2.00 bits per heavy atom. The maximum absolute atomic E-state index is 11.3. The van der Waals surface area contributed by atoms with E-state index in [1.54, 1.807) is 12.2 Å². The number of hydrogen-bond donors (Lipinski definition) is 0. The number of hydrogen-bond acceptors (Lipinski definition) is 3. The molecule has 1 aliphatic carbocycles. The minimum atomic E-state index is 0.0592. The van der Waals surface area contributed by atoms with Gasteiger partial charge in [-0.05, 0) is 25.3 Å². The predicted molar refractivity (Wildman–Crippen MR) is 65.2 cm³/mol. The van der Waals surface area contributed by atoms with Crippen molar-refractivity contribution in [2.75, 3.05) is 0 Å². The van der Waals surface area contributed by atoms with E-state index in [0.29, 0.717) is 37.9 Å². The summed E-state index contributed by atoms with van der Waals surface area (Å²) in [5, 5.41) is 8.33. The number of carbonyl (C=O) groups is 2. The minimum absolute atomic E-state index is 0.0592. The van der Waals surface area contributed by atoms with Gasteiger partial charge >= 0.3 is 0 Å². The topological polar surface area (TPSA) is 57.9 Å². The smallest absolute Gasteiger partial charge is 0.155 e. The van der Waals surface area contributed by atoms with Crippen molar-refractivity contribution in [1.29, 1.82) is 5.26 Å². The summed E-state index contributed by atoms with van der Waals surface area (Å²) in [5.41, 5.74) is 1.24. The van der Waals surface area contributed by atoms with Crippen LogP contribution in [0, 0.1) is 11.3 Å². The van der Waals surface area contributed by atoms with E-state index in [2.05, 4.69) is 0 Å². The predicted octanol–water partition coefficient (Wildman–Crippen LogP) is 2.88. The summed E-state index contributed by atoms with van der Waals surface area (Å²) < 4.78 is 0. The van der Waals surface area contributed by atoms with Crippen LogP contribution < -0.4 is 0 Å². The van der Waals surface area contributed by atoms with Crippen molar-refractivity contribution in [3.63, 3.8) is 0 Å². The molecule has 1 rings (SSSR count).